The summed E-state index contributed by atoms with van der Waals surface area (Å²) in [6.07, 6.45) is -1.39. The van der Waals surface area contributed by atoms with Crippen LogP contribution in [0.15, 0.2) is 11.0 Å². The lowest BCUT2D eigenvalue weighted by Crippen LogP contribution is -2.39. The van der Waals surface area contributed by atoms with Crippen molar-refractivity contribution < 1.29 is 32.7 Å². The fourth-order valence-electron chi connectivity index (χ4n) is 2.79. The molecule has 2 rings (SSSR count). The monoisotopic (exact) mass is 407 g/mol. The third-order valence-electron chi connectivity index (χ3n) is 4.22. The molecule has 11 nitrogen and oxygen atoms in total. The molecule has 154 valence electrons. The number of aromatic nitrogens is 2. The van der Waals surface area contributed by atoms with Gasteiger partial charge in [0.1, 0.15) is 18.0 Å². The van der Waals surface area contributed by atoms with Crippen molar-refractivity contribution in [3.63, 3.8) is 0 Å². The molecular formula is C15H26N3O8P. The van der Waals surface area contributed by atoms with Gasteiger partial charge in [0.25, 0.3) is 0 Å². The third-order valence-corrected chi connectivity index (χ3v) is 5.19. The highest BCUT2D eigenvalue weighted by Crippen LogP contribution is 2.48. The lowest BCUT2D eigenvalue weighted by molar-refractivity contribution is -0.0793. The summed E-state index contributed by atoms with van der Waals surface area (Å²) in [5, 5.41) is 0. The zero-order chi connectivity index (χ0) is 20.2. The summed E-state index contributed by atoms with van der Waals surface area (Å²) in [6, 6.07) is 0. The molecule has 0 aliphatic carbocycles. The Labute approximate surface area is 157 Å². The fourth-order valence-corrected chi connectivity index (χ4v) is 3.44. The minimum atomic E-state index is -4.31. The van der Waals surface area contributed by atoms with Crippen LogP contribution in [0.2, 0.25) is 0 Å². The van der Waals surface area contributed by atoms with E-state index in [-0.39, 0.29) is 19.0 Å². The minimum Gasteiger partial charge on any atom is -0.383 e. The van der Waals surface area contributed by atoms with E-state index in [1.807, 2.05) is 6.92 Å². The number of anilines is 1. The molecule has 12 heteroatoms. The van der Waals surface area contributed by atoms with Crippen molar-refractivity contribution in [2.75, 3.05) is 33.2 Å². The second-order valence-electron chi connectivity index (χ2n) is 6.02. The zero-order valence-electron chi connectivity index (χ0n) is 15.7. The first kappa shape index (κ1) is 22.0. The summed E-state index contributed by atoms with van der Waals surface area (Å²) < 4.78 is 39.7. The molecule has 1 aliphatic heterocycles. The van der Waals surface area contributed by atoms with E-state index in [4.69, 9.17) is 24.5 Å². The van der Waals surface area contributed by atoms with E-state index in [0.29, 0.717) is 12.0 Å². The topological polar surface area (TPSA) is 144 Å². The van der Waals surface area contributed by atoms with Crippen molar-refractivity contribution in [3.8, 4) is 0 Å². The molecule has 1 saturated heterocycles. The van der Waals surface area contributed by atoms with Crippen LogP contribution in [0, 0.1) is 6.92 Å². The Morgan fingerprint density at radius 3 is 2.67 bits per heavy atom. The van der Waals surface area contributed by atoms with E-state index >= 15 is 0 Å². The number of hydrogen-bond donors (Lipinski definition) is 2. The molecule has 0 spiro atoms. The lowest BCUT2D eigenvalue weighted by atomic mass is 10.1. The Hall–Kier alpha value is -1.33. The highest BCUT2D eigenvalue weighted by atomic mass is 31.2. The smallest absolute Gasteiger partial charge is 0.383 e. The van der Waals surface area contributed by atoms with Gasteiger partial charge in [0.2, 0.25) is 0 Å². The van der Waals surface area contributed by atoms with Gasteiger partial charge in [0, 0.05) is 26.0 Å². The van der Waals surface area contributed by atoms with Gasteiger partial charge >= 0.3 is 13.5 Å². The molecule has 5 atom stereocenters. The minimum absolute atomic E-state index is 0.116. The highest BCUT2D eigenvalue weighted by molar-refractivity contribution is 7.47. The van der Waals surface area contributed by atoms with Crippen LogP contribution in [-0.2, 0) is 27.8 Å². The van der Waals surface area contributed by atoms with Crippen LogP contribution in [0.5, 0.6) is 0 Å². The molecule has 2 unspecified atom stereocenters. The van der Waals surface area contributed by atoms with Gasteiger partial charge in [0.05, 0.1) is 19.3 Å². The number of hydrogen-bond acceptors (Lipinski definition) is 9. The molecule has 2 heterocycles. The van der Waals surface area contributed by atoms with E-state index in [9.17, 15) is 14.3 Å². The van der Waals surface area contributed by atoms with Gasteiger partial charge in [-0.15, -0.1) is 0 Å². The number of rotatable bonds is 9. The summed E-state index contributed by atoms with van der Waals surface area (Å²) >= 11 is 0. The maximum atomic E-state index is 12.3. The summed E-state index contributed by atoms with van der Waals surface area (Å²) in [6.45, 7) is 3.96. The van der Waals surface area contributed by atoms with Crippen molar-refractivity contribution >= 4 is 13.6 Å². The maximum absolute atomic E-state index is 12.3. The molecule has 1 aromatic rings. The molecule has 0 bridgehead atoms. The number of phosphoric acid groups is 1. The van der Waals surface area contributed by atoms with Crippen LogP contribution >= 0.6 is 7.82 Å². The Morgan fingerprint density at radius 2 is 2.07 bits per heavy atom. The number of nitrogen functional groups attached to an aromatic ring is 1. The Bertz CT molecular complexity index is 742. The highest BCUT2D eigenvalue weighted by Gasteiger charge is 2.49. The first-order chi connectivity index (χ1) is 12.7. The van der Waals surface area contributed by atoms with E-state index in [2.05, 4.69) is 9.51 Å². The number of nitrogens with two attached hydrogens (primary N) is 1. The predicted octanol–water partition coefficient (Wildman–Crippen LogP) is 0.605. The van der Waals surface area contributed by atoms with E-state index < -0.39 is 38.1 Å². The molecule has 0 saturated carbocycles. The van der Waals surface area contributed by atoms with Gasteiger partial charge in [-0.1, -0.05) is 6.92 Å². The Balaban J connectivity index is 2.41. The van der Waals surface area contributed by atoms with Gasteiger partial charge in [0.15, 0.2) is 6.23 Å². The van der Waals surface area contributed by atoms with E-state index in [1.54, 1.807) is 6.92 Å². The average Bonchev–Trinajstić information content (AvgIpc) is 2.95. The van der Waals surface area contributed by atoms with Crippen molar-refractivity contribution in [1.82, 2.24) is 9.55 Å². The number of aryl methyl sites for hydroxylation is 1. The van der Waals surface area contributed by atoms with Crippen LogP contribution in [0.3, 0.4) is 0 Å². The normalized spacial score (nSPS) is 27.6. The van der Waals surface area contributed by atoms with Gasteiger partial charge < -0.3 is 24.8 Å². The number of methoxy groups -OCH3 is 1. The average molecular weight is 407 g/mol. The maximum Gasteiger partial charge on any atom is 0.472 e. The molecule has 0 radical (unpaired) electrons. The molecule has 1 fully saturated rings. The van der Waals surface area contributed by atoms with Crippen LogP contribution < -0.4 is 11.4 Å². The summed E-state index contributed by atoms with van der Waals surface area (Å²) in [4.78, 5) is 25.9. The molecule has 27 heavy (non-hydrogen) atoms. The lowest BCUT2D eigenvalue weighted by Gasteiger charge is -2.26. The quantitative estimate of drug-likeness (QED) is 0.441. The molecule has 0 amide bonds. The SMILES string of the molecule is CC[C@H]1O[C@@H](n2cc(C)c(N)nc2=O)C(OCCOC)[C@H]1OP(=O)(O)OC. The molecule has 3 N–H and O–H groups in total. The molecule has 0 aromatic carbocycles. The first-order valence-electron chi connectivity index (χ1n) is 8.42. The first-order valence-corrected chi connectivity index (χ1v) is 9.91. The molecule has 1 aromatic heterocycles. The number of phosphoric ester groups is 1. The second-order valence-corrected chi connectivity index (χ2v) is 7.53. The fraction of sp³-hybridized carbons (Fsp3) is 0.733. The third kappa shape index (κ3) is 5.14. The van der Waals surface area contributed by atoms with Crippen LogP contribution in [0.25, 0.3) is 0 Å². The number of nitrogens with zero attached hydrogens (tertiary/aromatic N) is 2. The zero-order valence-corrected chi connectivity index (χ0v) is 16.6. The molecule has 1 aliphatic rings. The van der Waals surface area contributed by atoms with Gasteiger partial charge in [-0.3, -0.25) is 13.6 Å². The summed E-state index contributed by atoms with van der Waals surface area (Å²) in [7, 11) is -1.73. The Morgan fingerprint density at radius 1 is 1.37 bits per heavy atom. The van der Waals surface area contributed by atoms with Gasteiger partial charge in [-0.2, -0.15) is 4.98 Å². The van der Waals surface area contributed by atoms with Gasteiger partial charge in [-0.05, 0) is 13.3 Å². The Kier molecular flexibility index (Phi) is 7.52. The van der Waals surface area contributed by atoms with E-state index in [0.717, 1.165) is 7.11 Å². The summed E-state index contributed by atoms with van der Waals surface area (Å²) in [5.41, 5.74) is 5.63. The number of ether oxygens (including phenoxy) is 3. The standard InChI is InChI=1S/C15H26N3O8P/c1-5-10-11(26-27(20,21)23-4)12(24-7-6-22-3)14(25-10)18-8-9(2)13(16)17-15(18)19/h8,10-12,14H,5-7H2,1-4H3,(H,20,21)(H2,16,17,19)/t10-,11+,12?,14-/m1/s1. The largest absolute Gasteiger partial charge is 0.472 e. The van der Waals surface area contributed by atoms with Crippen LogP contribution in [0.4, 0.5) is 5.82 Å². The molecular weight excluding hydrogens is 381 g/mol. The van der Waals surface area contributed by atoms with Crippen LogP contribution in [-0.4, -0.2) is 60.2 Å². The van der Waals surface area contributed by atoms with Gasteiger partial charge in [-0.25, -0.2) is 9.36 Å². The summed E-state index contributed by atoms with van der Waals surface area (Å²) in [5.74, 6) is 0.116. The van der Waals surface area contributed by atoms with Crippen molar-refractivity contribution in [1.29, 1.82) is 0 Å². The van der Waals surface area contributed by atoms with Crippen molar-refractivity contribution in [3.05, 3.63) is 22.2 Å². The predicted molar refractivity (Wildman–Crippen MR) is 95.2 cm³/mol. The van der Waals surface area contributed by atoms with Crippen molar-refractivity contribution in [2.45, 2.75) is 44.8 Å². The van der Waals surface area contributed by atoms with E-state index in [1.165, 1.54) is 17.9 Å². The van der Waals surface area contributed by atoms with Crippen LogP contribution in [0.1, 0.15) is 25.1 Å². The second kappa shape index (κ2) is 9.24. The van der Waals surface area contributed by atoms with Crippen molar-refractivity contribution in [2.24, 2.45) is 0 Å².